The SMILES string of the molecule is CCOCC(O)CN1CCCC(=O)c2ccccc21. The number of fused-ring (bicyclic) bond motifs is 1. The number of para-hydroxylation sites is 1. The van der Waals surface area contributed by atoms with Crippen LogP contribution in [0.3, 0.4) is 0 Å². The first-order valence-electron chi connectivity index (χ1n) is 6.85. The number of aliphatic hydroxyl groups is 1. The number of carbonyl (C=O) groups is 1. The van der Waals surface area contributed by atoms with Crippen molar-refractivity contribution in [1.29, 1.82) is 0 Å². The van der Waals surface area contributed by atoms with Gasteiger partial charge in [0.25, 0.3) is 0 Å². The van der Waals surface area contributed by atoms with E-state index in [2.05, 4.69) is 4.90 Å². The first-order valence-corrected chi connectivity index (χ1v) is 6.85. The van der Waals surface area contributed by atoms with Crippen molar-refractivity contribution < 1.29 is 14.6 Å². The van der Waals surface area contributed by atoms with Gasteiger partial charge in [-0.05, 0) is 25.5 Å². The molecule has 1 aliphatic heterocycles. The Kier molecular flexibility index (Phi) is 4.93. The van der Waals surface area contributed by atoms with Gasteiger partial charge in [0.2, 0.25) is 0 Å². The molecule has 0 saturated heterocycles. The number of benzene rings is 1. The summed E-state index contributed by atoms with van der Waals surface area (Å²) in [6, 6.07) is 7.63. The van der Waals surface area contributed by atoms with Gasteiger partial charge < -0.3 is 14.7 Å². The van der Waals surface area contributed by atoms with Crippen LogP contribution in [-0.4, -0.2) is 43.3 Å². The summed E-state index contributed by atoms with van der Waals surface area (Å²) in [5, 5.41) is 9.96. The van der Waals surface area contributed by atoms with E-state index in [0.717, 1.165) is 24.2 Å². The second-order valence-corrected chi connectivity index (χ2v) is 4.80. The lowest BCUT2D eigenvalue weighted by atomic mass is 10.1. The summed E-state index contributed by atoms with van der Waals surface area (Å²) in [6.45, 7) is 4.15. The van der Waals surface area contributed by atoms with Crippen LogP contribution < -0.4 is 4.90 Å². The predicted molar refractivity (Wildman–Crippen MR) is 74.7 cm³/mol. The Labute approximate surface area is 114 Å². The largest absolute Gasteiger partial charge is 0.389 e. The van der Waals surface area contributed by atoms with Gasteiger partial charge in [0.15, 0.2) is 5.78 Å². The Hall–Kier alpha value is -1.39. The summed E-state index contributed by atoms with van der Waals surface area (Å²) in [6.07, 6.45) is 0.880. The van der Waals surface area contributed by atoms with Gasteiger partial charge in [-0.2, -0.15) is 0 Å². The number of hydrogen-bond acceptors (Lipinski definition) is 4. The van der Waals surface area contributed by atoms with E-state index in [-0.39, 0.29) is 5.78 Å². The molecule has 0 amide bonds. The van der Waals surface area contributed by atoms with Gasteiger partial charge in [-0.25, -0.2) is 0 Å². The third kappa shape index (κ3) is 3.55. The van der Waals surface area contributed by atoms with E-state index in [9.17, 15) is 9.90 Å². The smallest absolute Gasteiger partial charge is 0.165 e. The van der Waals surface area contributed by atoms with Crippen molar-refractivity contribution in [3.63, 3.8) is 0 Å². The van der Waals surface area contributed by atoms with Gasteiger partial charge in [0.05, 0.1) is 12.7 Å². The van der Waals surface area contributed by atoms with Crippen LogP contribution in [0.25, 0.3) is 0 Å². The van der Waals surface area contributed by atoms with Crippen molar-refractivity contribution in [2.24, 2.45) is 0 Å². The van der Waals surface area contributed by atoms with E-state index >= 15 is 0 Å². The highest BCUT2D eigenvalue weighted by atomic mass is 16.5. The molecule has 1 heterocycles. The van der Waals surface area contributed by atoms with Crippen molar-refractivity contribution in [2.45, 2.75) is 25.9 Å². The Morgan fingerprint density at radius 1 is 1.42 bits per heavy atom. The lowest BCUT2D eigenvalue weighted by Gasteiger charge is -2.27. The van der Waals surface area contributed by atoms with Gasteiger partial charge in [0, 0.05) is 37.4 Å². The van der Waals surface area contributed by atoms with Gasteiger partial charge in [0.1, 0.15) is 0 Å². The second kappa shape index (κ2) is 6.68. The number of rotatable bonds is 5. The molecule has 1 N–H and O–H groups in total. The fraction of sp³-hybridized carbons (Fsp3) is 0.533. The maximum atomic E-state index is 12.0. The molecular weight excluding hydrogens is 242 g/mol. The molecule has 4 nitrogen and oxygen atoms in total. The first-order chi connectivity index (χ1) is 9.22. The fourth-order valence-electron chi connectivity index (χ4n) is 2.42. The lowest BCUT2D eigenvalue weighted by molar-refractivity contribution is 0.0463. The Morgan fingerprint density at radius 2 is 2.21 bits per heavy atom. The number of Topliss-reactive ketones (excluding diaryl/α,β-unsaturated/α-hetero) is 1. The van der Waals surface area contributed by atoms with Gasteiger partial charge in [-0.1, -0.05) is 12.1 Å². The molecule has 4 heteroatoms. The molecule has 0 aromatic heterocycles. The zero-order chi connectivity index (χ0) is 13.7. The Bertz CT molecular complexity index is 433. The molecule has 1 unspecified atom stereocenters. The van der Waals surface area contributed by atoms with Crippen molar-refractivity contribution in [3.8, 4) is 0 Å². The van der Waals surface area contributed by atoms with Crippen LogP contribution in [0.2, 0.25) is 0 Å². The van der Waals surface area contributed by atoms with Crippen LogP contribution in [0.4, 0.5) is 5.69 Å². The van der Waals surface area contributed by atoms with Crippen LogP contribution in [0.5, 0.6) is 0 Å². The second-order valence-electron chi connectivity index (χ2n) is 4.80. The summed E-state index contributed by atoms with van der Waals surface area (Å²) in [4.78, 5) is 14.1. The lowest BCUT2D eigenvalue weighted by Crippen LogP contribution is -2.35. The summed E-state index contributed by atoms with van der Waals surface area (Å²) in [5.74, 6) is 0.192. The standard InChI is InChI=1S/C15H21NO3/c1-2-19-11-12(17)10-16-9-5-8-15(18)13-6-3-4-7-14(13)16/h3-4,6-7,12,17H,2,5,8-11H2,1H3. The van der Waals surface area contributed by atoms with Crippen LogP contribution in [0, 0.1) is 0 Å². The van der Waals surface area contributed by atoms with E-state index in [1.54, 1.807) is 0 Å². The zero-order valence-electron chi connectivity index (χ0n) is 11.3. The molecule has 2 rings (SSSR count). The maximum absolute atomic E-state index is 12.0. The molecule has 0 saturated carbocycles. The maximum Gasteiger partial charge on any atom is 0.165 e. The van der Waals surface area contributed by atoms with Gasteiger partial charge in [-0.15, -0.1) is 0 Å². The zero-order valence-corrected chi connectivity index (χ0v) is 11.3. The number of ketones is 1. The van der Waals surface area contributed by atoms with E-state index in [1.807, 2.05) is 31.2 Å². The molecule has 1 aromatic rings. The topological polar surface area (TPSA) is 49.8 Å². The summed E-state index contributed by atoms with van der Waals surface area (Å²) in [7, 11) is 0. The molecule has 0 radical (unpaired) electrons. The normalized spacial score (nSPS) is 16.9. The van der Waals surface area contributed by atoms with E-state index < -0.39 is 6.10 Å². The minimum absolute atomic E-state index is 0.192. The minimum Gasteiger partial charge on any atom is -0.389 e. The quantitative estimate of drug-likeness (QED) is 0.881. The van der Waals surface area contributed by atoms with Crippen molar-refractivity contribution in [3.05, 3.63) is 29.8 Å². The van der Waals surface area contributed by atoms with Crippen LogP contribution in [0.15, 0.2) is 24.3 Å². The monoisotopic (exact) mass is 263 g/mol. The highest BCUT2D eigenvalue weighted by molar-refractivity contribution is 6.01. The van der Waals surface area contributed by atoms with E-state index in [4.69, 9.17) is 4.74 Å². The van der Waals surface area contributed by atoms with Crippen LogP contribution >= 0.6 is 0 Å². The highest BCUT2D eigenvalue weighted by Gasteiger charge is 2.21. The Morgan fingerprint density at radius 3 is 3.00 bits per heavy atom. The van der Waals surface area contributed by atoms with Crippen molar-refractivity contribution >= 4 is 11.5 Å². The number of carbonyl (C=O) groups excluding carboxylic acids is 1. The van der Waals surface area contributed by atoms with Gasteiger partial charge >= 0.3 is 0 Å². The first kappa shape index (κ1) is 14.0. The molecule has 1 atom stereocenters. The minimum atomic E-state index is -0.527. The molecule has 19 heavy (non-hydrogen) atoms. The number of β-amino-alcohol motifs (C(OH)–C–C–N with tert-alkyl or cyclic N) is 1. The third-order valence-electron chi connectivity index (χ3n) is 3.32. The molecule has 104 valence electrons. The molecular formula is C15H21NO3. The molecule has 0 aliphatic carbocycles. The number of ether oxygens (including phenoxy) is 1. The van der Waals surface area contributed by atoms with Gasteiger partial charge in [-0.3, -0.25) is 4.79 Å². The number of aliphatic hydroxyl groups excluding tert-OH is 1. The fourth-order valence-corrected chi connectivity index (χ4v) is 2.42. The van der Waals surface area contributed by atoms with E-state index in [0.29, 0.717) is 26.2 Å². The number of nitrogens with zero attached hydrogens (tertiary/aromatic N) is 1. The van der Waals surface area contributed by atoms with E-state index in [1.165, 1.54) is 0 Å². The number of hydrogen-bond donors (Lipinski definition) is 1. The molecule has 1 aromatic carbocycles. The Balaban J connectivity index is 2.12. The molecule has 0 fully saturated rings. The van der Waals surface area contributed by atoms with Crippen LogP contribution in [0.1, 0.15) is 30.1 Å². The number of anilines is 1. The van der Waals surface area contributed by atoms with Crippen molar-refractivity contribution in [2.75, 3.05) is 31.2 Å². The van der Waals surface area contributed by atoms with Crippen LogP contribution in [-0.2, 0) is 4.74 Å². The summed E-state index contributed by atoms with van der Waals surface area (Å²) < 4.78 is 5.23. The molecule has 0 bridgehead atoms. The summed E-state index contributed by atoms with van der Waals surface area (Å²) >= 11 is 0. The average Bonchev–Trinajstić information content (AvgIpc) is 2.58. The summed E-state index contributed by atoms with van der Waals surface area (Å²) in [5.41, 5.74) is 1.70. The molecule has 1 aliphatic rings. The molecule has 0 spiro atoms. The third-order valence-corrected chi connectivity index (χ3v) is 3.32. The van der Waals surface area contributed by atoms with Crippen molar-refractivity contribution in [1.82, 2.24) is 0 Å². The average molecular weight is 263 g/mol. The predicted octanol–water partition coefficient (Wildman–Crippen LogP) is 1.87. The highest BCUT2D eigenvalue weighted by Crippen LogP contribution is 2.26.